The quantitative estimate of drug-likeness (QED) is 0.665. The Morgan fingerprint density at radius 2 is 1.80 bits per heavy atom. The van der Waals surface area contributed by atoms with E-state index in [-0.39, 0.29) is 18.4 Å². The van der Waals surface area contributed by atoms with Crippen molar-refractivity contribution < 1.29 is 19.4 Å². The Morgan fingerprint density at radius 1 is 1.25 bits per heavy atom. The van der Waals surface area contributed by atoms with Crippen LogP contribution in [0.4, 0.5) is 0 Å². The van der Waals surface area contributed by atoms with Crippen LogP contribution in [-0.4, -0.2) is 36.7 Å². The zero-order chi connectivity index (χ0) is 15.0. The highest BCUT2D eigenvalue weighted by Crippen LogP contribution is 2.30. The second-order valence-corrected chi connectivity index (χ2v) is 5.16. The summed E-state index contributed by atoms with van der Waals surface area (Å²) in [4.78, 5) is 23.6. The number of hydrogen-bond donors (Lipinski definition) is 2. The van der Waals surface area contributed by atoms with Gasteiger partial charge in [-0.3, -0.25) is 9.59 Å². The lowest BCUT2D eigenvalue weighted by atomic mass is 9.80. The summed E-state index contributed by atoms with van der Waals surface area (Å²) in [6, 6.07) is 0. The molecule has 0 aromatic carbocycles. The van der Waals surface area contributed by atoms with Crippen molar-refractivity contribution in [3.05, 3.63) is 25.3 Å². The first kappa shape index (κ1) is 16.4. The third-order valence-corrected chi connectivity index (χ3v) is 3.78. The van der Waals surface area contributed by atoms with E-state index in [0.717, 1.165) is 0 Å². The van der Waals surface area contributed by atoms with Crippen LogP contribution in [0.1, 0.15) is 25.7 Å². The van der Waals surface area contributed by atoms with Gasteiger partial charge in [0.05, 0.1) is 5.41 Å². The van der Waals surface area contributed by atoms with E-state index in [1.165, 1.54) is 0 Å². The predicted molar refractivity (Wildman–Crippen MR) is 76.2 cm³/mol. The van der Waals surface area contributed by atoms with Crippen molar-refractivity contribution in [1.82, 2.24) is 5.32 Å². The van der Waals surface area contributed by atoms with Crippen molar-refractivity contribution in [3.63, 3.8) is 0 Å². The van der Waals surface area contributed by atoms with E-state index in [2.05, 4.69) is 18.5 Å². The molecule has 1 amide bonds. The molecule has 1 rings (SSSR count). The zero-order valence-electron chi connectivity index (χ0n) is 11.8. The largest absolute Gasteiger partial charge is 0.481 e. The number of aliphatic carboxylic acids is 1. The summed E-state index contributed by atoms with van der Waals surface area (Å²) in [5.41, 5.74) is -0.902. The van der Waals surface area contributed by atoms with Crippen molar-refractivity contribution in [3.8, 4) is 0 Å². The van der Waals surface area contributed by atoms with Gasteiger partial charge in [-0.25, -0.2) is 0 Å². The lowest BCUT2D eigenvalue weighted by Crippen LogP contribution is -2.47. The molecule has 0 unspecified atom stereocenters. The summed E-state index contributed by atoms with van der Waals surface area (Å²) in [7, 11) is 0. The van der Waals surface area contributed by atoms with E-state index in [1.54, 1.807) is 12.2 Å². The highest BCUT2D eigenvalue weighted by Gasteiger charge is 2.40. The molecule has 1 heterocycles. The maximum atomic E-state index is 12.1. The van der Waals surface area contributed by atoms with Gasteiger partial charge in [-0.05, 0) is 25.7 Å². The fourth-order valence-electron chi connectivity index (χ4n) is 2.34. The van der Waals surface area contributed by atoms with Crippen LogP contribution in [0.3, 0.4) is 0 Å². The van der Waals surface area contributed by atoms with E-state index in [1.807, 2.05) is 0 Å². The smallest absolute Gasteiger partial charge is 0.311 e. The van der Waals surface area contributed by atoms with Gasteiger partial charge >= 0.3 is 5.97 Å². The monoisotopic (exact) mass is 281 g/mol. The molecule has 1 saturated heterocycles. The number of amides is 1. The Labute approximate surface area is 119 Å². The number of nitrogens with one attached hydrogen (secondary N) is 1. The summed E-state index contributed by atoms with van der Waals surface area (Å²) in [5.74, 6) is -1.24. The Hall–Kier alpha value is -1.62. The minimum absolute atomic E-state index is 0.142. The molecule has 0 aromatic rings. The van der Waals surface area contributed by atoms with Crippen LogP contribution in [0.25, 0.3) is 0 Å². The normalized spacial score (nSPS) is 17.4. The molecule has 5 nitrogen and oxygen atoms in total. The standard InChI is InChI=1S/C15H23NO4/c1-3-5-12(6-4-2)13(17)16-11-15(14(18)19)7-9-20-10-8-15/h3-4,12H,1-2,5-11H2,(H,16,17)(H,18,19). The van der Waals surface area contributed by atoms with Gasteiger partial charge in [-0.1, -0.05) is 12.2 Å². The van der Waals surface area contributed by atoms with E-state index >= 15 is 0 Å². The molecule has 0 atom stereocenters. The lowest BCUT2D eigenvalue weighted by molar-refractivity contribution is -0.154. The van der Waals surface area contributed by atoms with Crippen LogP contribution < -0.4 is 5.32 Å². The Bertz CT molecular complexity index is 362. The second kappa shape index (κ2) is 7.85. The van der Waals surface area contributed by atoms with Crippen LogP contribution in [0, 0.1) is 11.3 Å². The number of carboxylic acid groups (broad SMARTS) is 1. The molecule has 20 heavy (non-hydrogen) atoms. The zero-order valence-corrected chi connectivity index (χ0v) is 11.8. The Kier molecular flexibility index (Phi) is 6.45. The SMILES string of the molecule is C=CCC(CC=C)C(=O)NCC1(C(=O)O)CCOCC1. The molecule has 0 spiro atoms. The fourth-order valence-corrected chi connectivity index (χ4v) is 2.34. The van der Waals surface area contributed by atoms with E-state index in [0.29, 0.717) is 38.9 Å². The number of allylic oxidation sites excluding steroid dienone is 2. The predicted octanol–water partition coefficient (Wildman–Crippen LogP) is 1.75. The Morgan fingerprint density at radius 3 is 2.25 bits per heavy atom. The van der Waals surface area contributed by atoms with Crippen LogP contribution in [0.15, 0.2) is 25.3 Å². The maximum absolute atomic E-state index is 12.1. The van der Waals surface area contributed by atoms with Crippen molar-refractivity contribution >= 4 is 11.9 Å². The number of ether oxygens (including phenoxy) is 1. The third kappa shape index (κ3) is 4.20. The van der Waals surface area contributed by atoms with Crippen LogP contribution in [0.2, 0.25) is 0 Å². The van der Waals surface area contributed by atoms with Crippen molar-refractivity contribution in [2.75, 3.05) is 19.8 Å². The van der Waals surface area contributed by atoms with Crippen LogP contribution in [-0.2, 0) is 14.3 Å². The average Bonchev–Trinajstić information content (AvgIpc) is 2.45. The highest BCUT2D eigenvalue weighted by molar-refractivity contribution is 5.81. The lowest BCUT2D eigenvalue weighted by Gasteiger charge is -2.33. The first-order valence-corrected chi connectivity index (χ1v) is 6.86. The molecule has 0 bridgehead atoms. The second-order valence-electron chi connectivity index (χ2n) is 5.16. The molecule has 1 aliphatic heterocycles. The van der Waals surface area contributed by atoms with Crippen molar-refractivity contribution in [2.24, 2.45) is 11.3 Å². The summed E-state index contributed by atoms with van der Waals surface area (Å²) in [6.07, 6.45) is 5.35. The molecule has 0 radical (unpaired) electrons. The first-order chi connectivity index (χ1) is 9.55. The van der Waals surface area contributed by atoms with Crippen molar-refractivity contribution in [1.29, 1.82) is 0 Å². The molecule has 1 fully saturated rings. The van der Waals surface area contributed by atoms with E-state index in [4.69, 9.17) is 4.74 Å². The van der Waals surface area contributed by atoms with Gasteiger partial charge in [0.1, 0.15) is 0 Å². The molecule has 2 N–H and O–H groups in total. The minimum Gasteiger partial charge on any atom is -0.481 e. The molecule has 5 heteroatoms. The van der Waals surface area contributed by atoms with Gasteiger partial charge < -0.3 is 15.2 Å². The van der Waals surface area contributed by atoms with Crippen LogP contribution in [0.5, 0.6) is 0 Å². The molecular weight excluding hydrogens is 258 g/mol. The molecule has 0 saturated carbocycles. The maximum Gasteiger partial charge on any atom is 0.311 e. The number of carbonyl (C=O) groups excluding carboxylic acids is 1. The fraction of sp³-hybridized carbons (Fsp3) is 0.600. The van der Waals surface area contributed by atoms with Gasteiger partial charge in [-0.2, -0.15) is 0 Å². The van der Waals surface area contributed by atoms with Gasteiger partial charge in [0, 0.05) is 25.7 Å². The number of hydrogen-bond acceptors (Lipinski definition) is 3. The Balaban J connectivity index is 2.61. The molecule has 1 aliphatic rings. The topological polar surface area (TPSA) is 75.6 Å². The summed E-state index contributed by atoms with van der Waals surface area (Å²) >= 11 is 0. The third-order valence-electron chi connectivity index (χ3n) is 3.78. The van der Waals surface area contributed by atoms with E-state index in [9.17, 15) is 14.7 Å². The number of rotatable bonds is 8. The first-order valence-electron chi connectivity index (χ1n) is 6.86. The van der Waals surface area contributed by atoms with E-state index < -0.39 is 11.4 Å². The number of carbonyl (C=O) groups is 2. The summed E-state index contributed by atoms with van der Waals surface area (Å²) in [5, 5.41) is 12.2. The molecule has 0 aliphatic carbocycles. The van der Waals surface area contributed by atoms with Crippen LogP contribution >= 0.6 is 0 Å². The average molecular weight is 281 g/mol. The molecular formula is C15H23NO4. The molecule has 0 aromatic heterocycles. The van der Waals surface area contributed by atoms with Crippen molar-refractivity contribution in [2.45, 2.75) is 25.7 Å². The van der Waals surface area contributed by atoms with Gasteiger partial charge in [0.25, 0.3) is 0 Å². The van der Waals surface area contributed by atoms with Gasteiger partial charge in [0.15, 0.2) is 0 Å². The molecule has 112 valence electrons. The highest BCUT2D eigenvalue weighted by atomic mass is 16.5. The summed E-state index contributed by atoms with van der Waals surface area (Å²) < 4.78 is 5.20. The van der Waals surface area contributed by atoms with Gasteiger partial charge in [0.2, 0.25) is 5.91 Å². The van der Waals surface area contributed by atoms with Gasteiger partial charge in [-0.15, -0.1) is 13.2 Å². The number of carboxylic acids is 1. The minimum atomic E-state index is -0.902. The summed E-state index contributed by atoms with van der Waals surface area (Å²) in [6.45, 7) is 8.26.